The fraction of sp³-hybridized carbons (Fsp3) is 0.308. The Hall–Kier alpha value is -1.97. The van der Waals surface area contributed by atoms with E-state index in [1.807, 2.05) is 18.2 Å². The summed E-state index contributed by atoms with van der Waals surface area (Å²) >= 11 is 0. The molecule has 17 heavy (non-hydrogen) atoms. The van der Waals surface area contributed by atoms with Crippen LogP contribution in [0, 0.1) is 0 Å². The van der Waals surface area contributed by atoms with E-state index in [-0.39, 0.29) is 0 Å². The Kier molecular flexibility index (Phi) is 2.48. The summed E-state index contributed by atoms with van der Waals surface area (Å²) in [5, 5.41) is 10.7. The van der Waals surface area contributed by atoms with Crippen molar-refractivity contribution in [2.45, 2.75) is 12.8 Å². The van der Waals surface area contributed by atoms with Crippen molar-refractivity contribution in [2.24, 2.45) is 0 Å². The minimum atomic E-state index is 0.879. The first-order valence-corrected chi connectivity index (χ1v) is 5.84. The van der Waals surface area contributed by atoms with E-state index in [0.717, 1.165) is 42.2 Å². The molecule has 0 saturated carbocycles. The van der Waals surface area contributed by atoms with E-state index in [1.165, 1.54) is 5.56 Å². The number of hydrogen-bond donors (Lipinski definition) is 2. The minimum absolute atomic E-state index is 0.879. The number of fused-ring (bicyclic) bond motifs is 1. The van der Waals surface area contributed by atoms with Crippen LogP contribution in [0.1, 0.15) is 12.0 Å². The molecule has 0 atom stereocenters. The van der Waals surface area contributed by atoms with Crippen LogP contribution in [0.25, 0.3) is 11.3 Å². The molecule has 3 rings (SSSR count). The molecule has 0 fully saturated rings. The van der Waals surface area contributed by atoms with Crippen molar-refractivity contribution in [3.05, 3.63) is 29.8 Å². The average Bonchev–Trinajstić information content (AvgIpc) is 2.82. The van der Waals surface area contributed by atoms with E-state index in [2.05, 4.69) is 21.6 Å². The van der Waals surface area contributed by atoms with Gasteiger partial charge in [-0.15, -0.1) is 0 Å². The first-order valence-electron chi connectivity index (χ1n) is 5.84. The van der Waals surface area contributed by atoms with Crippen LogP contribution in [0.5, 0.6) is 5.75 Å². The van der Waals surface area contributed by atoms with Crippen LogP contribution in [0.2, 0.25) is 0 Å². The number of rotatable bonds is 2. The lowest BCUT2D eigenvalue weighted by molar-refractivity contribution is 0.416. The Labute approximate surface area is 100 Å². The van der Waals surface area contributed by atoms with Gasteiger partial charge < -0.3 is 10.1 Å². The summed E-state index contributed by atoms with van der Waals surface area (Å²) < 4.78 is 5.39. The van der Waals surface area contributed by atoms with E-state index in [1.54, 1.807) is 7.11 Å². The molecule has 2 aromatic rings. The van der Waals surface area contributed by atoms with E-state index in [0.29, 0.717) is 0 Å². The zero-order valence-electron chi connectivity index (χ0n) is 9.79. The largest absolute Gasteiger partial charge is 0.496 e. The first-order chi connectivity index (χ1) is 8.40. The monoisotopic (exact) mass is 229 g/mol. The average molecular weight is 229 g/mol. The highest BCUT2D eigenvalue weighted by molar-refractivity contribution is 5.74. The zero-order chi connectivity index (χ0) is 11.7. The topological polar surface area (TPSA) is 49.9 Å². The third kappa shape index (κ3) is 1.65. The van der Waals surface area contributed by atoms with Crippen molar-refractivity contribution in [2.75, 3.05) is 19.0 Å². The Morgan fingerprint density at radius 2 is 2.18 bits per heavy atom. The molecule has 0 aliphatic carbocycles. The van der Waals surface area contributed by atoms with Crippen LogP contribution < -0.4 is 10.1 Å². The molecule has 0 saturated heterocycles. The number of aromatic amines is 1. The summed E-state index contributed by atoms with van der Waals surface area (Å²) in [7, 11) is 1.69. The highest BCUT2D eigenvalue weighted by Gasteiger charge is 2.19. The molecule has 0 radical (unpaired) electrons. The lowest BCUT2D eigenvalue weighted by Crippen LogP contribution is -2.11. The molecular weight excluding hydrogens is 214 g/mol. The van der Waals surface area contributed by atoms with Gasteiger partial charge in [0.15, 0.2) is 5.82 Å². The predicted octanol–water partition coefficient (Wildman–Crippen LogP) is 2.44. The zero-order valence-corrected chi connectivity index (χ0v) is 9.79. The normalized spacial score (nSPS) is 13.9. The van der Waals surface area contributed by atoms with E-state index in [9.17, 15) is 0 Å². The van der Waals surface area contributed by atoms with Crippen molar-refractivity contribution in [1.29, 1.82) is 0 Å². The standard InChI is InChI=1S/C13H15N3O/c1-17-11-7-3-2-5-9(11)12-10-6-4-8-14-13(10)16-15-12/h2-3,5,7H,4,6,8H2,1H3,(H2,14,15,16). The molecule has 4 nitrogen and oxygen atoms in total. The Bertz CT molecular complexity index is 533. The van der Waals surface area contributed by atoms with Gasteiger partial charge in [-0.05, 0) is 25.0 Å². The van der Waals surface area contributed by atoms with Gasteiger partial charge in [0, 0.05) is 17.7 Å². The van der Waals surface area contributed by atoms with Crippen molar-refractivity contribution in [1.82, 2.24) is 10.2 Å². The highest BCUT2D eigenvalue weighted by atomic mass is 16.5. The number of benzene rings is 1. The lowest BCUT2D eigenvalue weighted by Gasteiger charge is -2.14. The third-order valence-corrected chi connectivity index (χ3v) is 3.14. The third-order valence-electron chi connectivity index (χ3n) is 3.14. The molecule has 0 spiro atoms. The maximum Gasteiger partial charge on any atom is 0.151 e. The number of nitrogens with zero attached hydrogens (tertiary/aromatic N) is 1. The Balaban J connectivity index is 2.12. The molecule has 2 N–H and O–H groups in total. The summed E-state index contributed by atoms with van der Waals surface area (Å²) in [5.41, 5.74) is 3.41. The number of hydrogen-bond acceptors (Lipinski definition) is 3. The minimum Gasteiger partial charge on any atom is -0.496 e. The number of anilines is 1. The molecule has 88 valence electrons. The van der Waals surface area contributed by atoms with Crippen LogP contribution in [0.3, 0.4) is 0 Å². The molecule has 1 aromatic heterocycles. The van der Waals surface area contributed by atoms with Crippen LogP contribution in [0.15, 0.2) is 24.3 Å². The van der Waals surface area contributed by atoms with Crippen molar-refractivity contribution in [3.8, 4) is 17.0 Å². The lowest BCUT2D eigenvalue weighted by atomic mass is 10.0. The number of H-pyrrole nitrogens is 1. The maximum absolute atomic E-state index is 5.39. The summed E-state index contributed by atoms with van der Waals surface area (Å²) in [5.74, 6) is 1.86. The van der Waals surface area contributed by atoms with Gasteiger partial charge in [0.1, 0.15) is 5.75 Å². The van der Waals surface area contributed by atoms with Gasteiger partial charge in [0.25, 0.3) is 0 Å². The molecule has 0 amide bonds. The highest BCUT2D eigenvalue weighted by Crippen LogP contribution is 2.35. The van der Waals surface area contributed by atoms with Crippen LogP contribution in [0.4, 0.5) is 5.82 Å². The summed E-state index contributed by atoms with van der Waals surface area (Å²) in [6.07, 6.45) is 2.21. The van der Waals surface area contributed by atoms with Gasteiger partial charge in [0.2, 0.25) is 0 Å². The maximum atomic E-state index is 5.39. The number of aromatic nitrogens is 2. The number of methoxy groups -OCH3 is 1. The number of para-hydroxylation sites is 1. The van der Waals surface area contributed by atoms with Gasteiger partial charge >= 0.3 is 0 Å². The van der Waals surface area contributed by atoms with Crippen LogP contribution >= 0.6 is 0 Å². The summed E-state index contributed by atoms with van der Waals surface area (Å²) in [6, 6.07) is 8.02. The Morgan fingerprint density at radius 3 is 3.06 bits per heavy atom. The van der Waals surface area contributed by atoms with Gasteiger partial charge in [-0.1, -0.05) is 12.1 Å². The van der Waals surface area contributed by atoms with Gasteiger partial charge in [-0.3, -0.25) is 5.10 Å². The fourth-order valence-electron chi connectivity index (χ4n) is 2.30. The van der Waals surface area contributed by atoms with Crippen LogP contribution in [-0.2, 0) is 6.42 Å². The van der Waals surface area contributed by atoms with E-state index < -0.39 is 0 Å². The van der Waals surface area contributed by atoms with Crippen molar-refractivity contribution in [3.63, 3.8) is 0 Å². The molecule has 1 aromatic carbocycles. The second-order valence-corrected chi connectivity index (χ2v) is 4.16. The molecule has 1 aliphatic rings. The molecule has 4 heteroatoms. The molecule has 0 unspecified atom stereocenters. The van der Waals surface area contributed by atoms with Gasteiger partial charge in [0.05, 0.1) is 12.8 Å². The van der Waals surface area contributed by atoms with E-state index in [4.69, 9.17) is 4.74 Å². The number of ether oxygens (including phenoxy) is 1. The molecule has 1 aliphatic heterocycles. The SMILES string of the molecule is COc1ccccc1-c1[nH]nc2c1CCCN2. The smallest absolute Gasteiger partial charge is 0.151 e. The summed E-state index contributed by atoms with van der Waals surface area (Å²) in [6.45, 7) is 1.00. The quantitative estimate of drug-likeness (QED) is 0.831. The fourth-order valence-corrected chi connectivity index (χ4v) is 2.30. The Morgan fingerprint density at radius 1 is 1.29 bits per heavy atom. The molecule has 2 heterocycles. The van der Waals surface area contributed by atoms with Crippen LogP contribution in [-0.4, -0.2) is 23.9 Å². The van der Waals surface area contributed by atoms with Gasteiger partial charge in [-0.25, -0.2) is 0 Å². The second-order valence-electron chi connectivity index (χ2n) is 4.16. The predicted molar refractivity (Wildman–Crippen MR) is 67.4 cm³/mol. The first kappa shape index (κ1) is 10.2. The second kappa shape index (κ2) is 4.13. The van der Waals surface area contributed by atoms with E-state index >= 15 is 0 Å². The molecular formula is C13H15N3O. The van der Waals surface area contributed by atoms with Crippen molar-refractivity contribution >= 4 is 5.82 Å². The summed E-state index contributed by atoms with van der Waals surface area (Å²) in [4.78, 5) is 0. The molecule has 0 bridgehead atoms. The number of nitrogens with one attached hydrogen (secondary N) is 2. The van der Waals surface area contributed by atoms with Crippen molar-refractivity contribution < 1.29 is 4.74 Å². The van der Waals surface area contributed by atoms with Gasteiger partial charge in [-0.2, -0.15) is 5.10 Å².